The minimum Gasteiger partial charge on any atom is -0.496 e. The molecule has 0 radical (unpaired) electrons. The van der Waals surface area contributed by atoms with Crippen molar-refractivity contribution in [1.29, 1.82) is 0 Å². The Morgan fingerprint density at radius 3 is 2.66 bits per heavy atom. The number of aryl methyl sites for hydroxylation is 2. The van der Waals surface area contributed by atoms with E-state index in [9.17, 15) is 13.2 Å². The fourth-order valence-corrected chi connectivity index (χ4v) is 5.21. The number of sulfonamides is 1. The number of methoxy groups -OCH3 is 1. The number of H-pyrrole nitrogens is 1. The van der Waals surface area contributed by atoms with Crippen LogP contribution >= 0.6 is 0 Å². The maximum absolute atomic E-state index is 13.1. The highest BCUT2D eigenvalue weighted by Crippen LogP contribution is 2.28. The van der Waals surface area contributed by atoms with Gasteiger partial charge in [-0.1, -0.05) is 12.1 Å². The molecule has 3 aromatic rings. The van der Waals surface area contributed by atoms with Crippen LogP contribution in [0.5, 0.6) is 5.75 Å². The Balaban J connectivity index is 1.48. The number of amides is 1. The normalized spacial score (nSPS) is 15.5. The average molecular weight is 459 g/mol. The van der Waals surface area contributed by atoms with Crippen molar-refractivity contribution in [2.75, 3.05) is 33.3 Å². The Bertz CT molecular complexity index is 1210. The van der Waals surface area contributed by atoms with Gasteiger partial charge in [-0.25, -0.2) is 13.4 Å². The highest BCUT2D eigenvalue weighted by molar-refractivity contribution is 7.89. The summed E-state index contributed by atoms with van der Waals surface area (Å²) in [6, 6.07) is 9.14. The van der Waals surface area contributed by atoms with Crippen LogP contribution in [0, 0.1) is 6.92 Å². The smallest absolute Gasteiger partial charge is 0.271 e. The molecule has 1 N–H and O–H groups in total. The molecule has 1 saturated heterocycles. The molecule has 1 fully saturated rings. The summed E-state index contributed by atoms with van der Waals surface area (Å²) in [4.78, 5) is 18.9. The van der Waals surface area contributed by atoms with Crippen LogP contribution in [-0.4, -0.2) is 76.6 Å². The minimum absolute atomic E-state index is 0.0345. The molecule has 170 valence electrons. The third kappa shape index (κ3) is 4.13. The molecular formula is C21H26N6O4S. The summed E-state index contributed by atoms with van der Waals surface area (Å²) in [5.74, 6) is 1.07. The molecule has 0 bridgehead atoms. The molecule has 10 nitrogen and oxygen atoms in total. The van der Waals surface area contributed by atoms with E-state index in [1.54, 1.807) is 36.6 Å². The molecule has 32 heavy (non-hydrogen) atoms. The maximum Gasteiger partial charge on any atom is 0.271 e. The molecule has 0 spiro atoms. The summed E-state index contributed by atoms with van der Waals surface area (Å²) in [6.07, 6.45) is 2.05. The van der Waals surface area contributed by atoms with Gasteiger partial charge in [0.05, 0.1) is 12.8 Å². The topological polar surface area (TPSA) is 113 Å². The number of aromatic nitrogens is 4. The monoisotopic (exact) mass is 458 g/mol. The van der Waals surface area contributed by atoms with Crippen molar-refractivity contribution < 1.29 is 17.9 Å². The SMILES string of the molecule is COc1ccccc1-c1cc(C(=O)N2CCCN(S(=O)(=O)c3cn(C)c(C)n3)CC2)[nH]n1. The van der Waals surface area contributed by atoms with Crippen LogP contribution in [0.25, 0.3) is 11.3 Å². The Kier molecular flexibility index (Phi) is 6.02. The molecule has 11 heteroatoms. The van der Waals surface area contributed by atoms with Gasteiger partial charge in [-0.15, -0.1) is 0 Å². The molecule has 1 amide bonds. The summed E-state index contributed by atoms with van der Waals surface area (Å²) in [5.41, 5.74) is 1.74. The van der Waals surface area contributed by atoms with Crippen LogP contribution in [-0.2, 0) is 17.1 Å². The molecule has 3 heterocycles. The number of para-hydroxylation sites is 1. The first kappa shape index (κ1) is 22.0. The number of imidazole rings is 1. The first-order valence-corrected chi connectivity index (χ1v) is 11.7. The lowest BCUT2D eigenvalue weighted by Gasteiger charge is -2.20. The fourth-order valence-electron chi connectivity index (χ4n) is 3.72. The van der Waals surface area contributed by atoms with Gasteiger partial charge in [0, 0.05) is 45.0 Å². The second-order valence-corrected chi connectivity index (χ2v) is 9.54. The summed E-state index contributed by atoms with van der Waals surface area (Å²) >= 11 is 0. The van der Waals surface area contributed by atoms with Gasteiger partial charge in [-0.3, -0.25) is 9.89 Å². The van der Waals surface area contributed by atoms with Gasteiger partial charge in [0.15, 0.2) is 5.03 Å². The lowest BCUT2D eigenvalue weighted by Crippen LogP contribution is -2.37. The van der Waals surface area contributed by atoms with Crippen molar-refractivity contribution in [3.63, 3.8) is 0 Å². The predicted octanol–water partition coefficient (Wildman–Crippen LogP) is 1.66. The van der Waals surface area contributed by atoms with Crippen LogP contribution in [0.4, 0.5) is 0 Å². The number of carbonyl (C=O) groups excluding carboxylic acids is 1. The van der Waals surface area contributed by atoms with Crippen LogP contribution in [0.15, 0.2) is 41.6 Å². The van der Waals surface area contributed by atoms with E-state index < -0.39 is 10.0 Å². The number of aromatic amines is 1. The van der Waals surface area contributed by atoms with Crippen molar-refractivity contribution in [3.05, 3.63) is 48.0 Å². The summed E-state index contributed by atoms with van der Waals surface area (Å²) in [7, 11) is -0.369. The van der Waals surface area contributed by atoms with Gasteiger partial charge in [0.2, 0.25) is 0 Å². The molecule has 2 aromatic heterocycles. The third-order valence-electron chi connectivity index (χ3n) is 5.62. The minimum atomic E-state index is -3.71. The van der Waals surface area contributed by atoms with E-state index in [2.05, 4.69) is 15.2 Å². The highest BCUT2D eigenvalue weighted by atomic mass is 32.2. The number of benzene rings is 1. The molecule has 0 aliphatic carbocycles. The predicted molar refractivity (Wildman–Crippen MR) is 118 cm³/mol. The highest BCUT2D eigenvalue weighted by Gasteiger charge is 2.31. The van der Waals surface area contributed by atoms with Crippen LogP contribution in [0.3, 0.4) is 0 Å². The van der Waals surface area contributed by atoms with Gasteiger partial charge < -0.3 is 14.2 Å². The Labute approximate surface area is 186 Å². The number of hydrogen-bond donors (Lipinski definition) is 1. The molecule has 0 saturated carbocycles. The van der Waals surface area contributed by atoms with Crippen LogP contribution in [0.2, 0.25) is 0 Å². The number of ether oxygens (including phenoxy) is 1. The fraction of sp³-hybridized carbons (Fsp3) is 0.381. The lowest BCUT2D eigenvalue weighted by molar-refractivity contribution is 0.0758. The second kappa shape index (κ2) is 8.75. The van der Waals surface area contributed by atoms with Crippen molar-refractivity contribution in [1.82, 2.24) is 29.0 Å². The number of hydrogen-bond acceptors (Lipinski definition) is 6. The van der Waals surface area contributed by atoms with Crippen molar-refractivity contribution >= 4 is 15.9 Å². The molecule has 1 aliphatic rings. The lowest BCUT2D eigenvalue weighted by atomic mass is 10.1. The van der Waals surface area contributed by atoms with E-state index in [-0.39, 0.29) is 24.0 Å². The van der Waals surface area contributed by atoms with E-state index in [0.717, 1.165) is 5.56 Å². The van der Waals surface area contributed by atoms with E-state index >= 15 is 0 Å². The second-order valence-electron chi connectivity index (χ2n) is 7.65. The number of nitrogens with one attached hydrogen (secondary N) is 1. The summed E-state index contributed by atoms with van der Waals surface area (Å²) in [5, 5.41) is 7.11. The molecule has 1 aromatic carbocycles. The van der Waals surface area contributed by atoms with E-state index in [4.69, 9.17) is 4.74 Å². The molecule has 0 unspecified atom stereocenters. The molecule has 4 rings (SSSR count). The van der Waals surface area contributed by atoms with Crippen LogP contribution in [0.1, 0.15) is 22.7 Å². The largest absolute Gasteiger partial charge is 0.496 e. The number of nitrogens with zero attached hydrogens (tertiary/aromatic N) is 5. The quantitative estimate of drug-likeness (QED) is 0.622. The van der Waals surface area contributed by atoms with Crippen molar-refractivity contribution in [2.45, 2.75) is 18.4 Å². The zero-order valence-electron chi connectivity index (χ0n) is 18.3. The van der Waals surface area contributed by atoms with Crippen molar-refractivity contribution in [2.24, 2.45) is 7.05 Å². The zero-order valence-corrected chi connectivity index (χ0v) is 19.1. The Morgan fingerprint density at radius 2 is 1.94 bits per heavy atom. The van der Waals surface area contributed by atoms with E-state index in [1.165, 1.54) is 10.5 Å². The Hall–Kier alpha value is -3.18. The number of rotatable bonds is 5. The number of carbonyl (C=O) groups is 1. The molecule has 1 aliphatic heterocycles. The standard InChI is InChI=1S/C21H26N6O4S/c1-15-22-20(14-25(15)2)32(29,30)27-10-6-9-26(11-12-27)21(28)18-13-17(23-24-18)16-7-4-5-8-19(16)31-3/h4-5,7-8,13-14H,6,9-12H2,1-3H3,(H,23,24). The first-order valence-electron chi connectivity index (χ1n) is 10.3. The first-order chi connectivity index (χ1) is 15.3. The van der Waals surface area contributed by atoms with Gasteiger partial charge in [0.1, 0.15) is 17.3 Å². The summed E-state index contributed by atoms with van der Waals surface area (Å²) in [6.45, 7) is 3.03. The summed E-state index contributed by atoms with van der Waals surface area (Å²) < 4.78 is 34.4. The van der Waals surface area contributed by atoms with Gasteiger partial charge in [-0.2, -0.15) is 9.40 Å². The molecule has 0 atom stereocenters. The van der Waals surface area contributed by atoms with Gasteiger partial charge in [-0.05, 0) is 31.5 Å². The molecular weight excluding hydrogens is 432 g/mol. The van der Waals surface area contributed by atoms with Crippen LogP contribution < -0.4 is 4.74 Å². The van der Waals surface area contributed by atoms with E-state index in [0.29, 0.717) is 42.5 Å². The third-order valence-corrected chi connectivity index (χ3v) is 7.39. The Morgan fingerprint density at radius 1 is 1.16 bits per heavy atom. The zero-order chi connectivity index (χ0) is 22.9. The van der Waals surface area contributed by atoms with Gasteiger partial charge in [0.25, 0.3) is 15.9 Å². The van der Waals surface area contributed by atoms with Crippen molar-refractivity contribution in [3.8, 4) is 17.0 Å². The maximum atomic E-state index is 13.1. The van der Waals surface area contributed by atoms with Gasteiger partial charge >= 0.3 is 0 Å². The average Bonchev–Trinajstić information content (AvgIpc) is 3.32. The van der Waals surface area contributed by atoms with E-state index in [1.807, 2.05) is 24.3 Å².